The van der Waals surface area contributed by atoms with Crippen LogP contribution in [0.1, 0.15) is 66.2 Å². The SMILES string of the molecule is NCCCC[C@H](NC(=O)C1[C@H](c2ccccc2)CCN1C(=O)CC(c1ccccc1)c1ccccc1)C(=O)NCc1ccccc1. The smallest absolute Gasteiger partial charge is 0.244 e. The van der Waals surface area contributed by atoms with Crippen LogP contribution in [0.3, 0.4) is 0 Å². The van der Waals surface area contributed by atoms with Gasteiger partial charge < -0.3 is 21.3 Å². The number of benzene rings is 4. The minimum Gasteiger partial charge on any atom is -0.350 e. The third-order valence-corrected chi connectivity index (χ3v) is 8.89. The number of hydrogen-bond acceptors (Lipinski definition) is 4. The van der Waals surface area contributed by atoms with E-state index in [1.807, 2.05) is 121 Å². The molecule has 3 amide bonds. The van der Waals surface area contributed by atoms with E-state index in [9.17, 15) is 14.4 Å². The molecule has 1 heterocycles. The van der Waals surface area contributed by atoms with Crippen LogP contribution in [0.25, 0.3) is 0 Å². The van der Waals surface area contributed by atoms with Crippen LogP contribution in [0.5, 0.6) is 0 Å². The van der Waals surface area contributed by atoms with Crippen molar-refractivity contribution in [2.75, 3.05) is 13.1 Å². The Balaban J connectivity index is 1.38. The average molecular weight is 617 g/mol. The van der Waals surface area contributed by atoms with Crippen molar-refractivity contribution in [3.05, 3.63) is 144 Å². The van der Waals surface area contributed by atoms with Gasteiger partial charge in [0, 0.05) is 31.3 Å². The number of carbonyl (C=O) groups excluding carboxylic acids is 3. The Bertz CT molecular complexity index is 1490. The first-order chi connectivity index (χ1) is 22.5. The van der Waals surface area contributed by atoms with Crippen LogP contribution in [0.4, 0.5) is 0 Å². The molecule has 0 bridgehead atoms. The fourth-order valence-electron chi connectivity index (χ4n) is 6.46. The zero-order chi connectivity index (χ0) is 32.1. The van der Waals surface area contributed by atoms with E-state index in [0.717, 1.165) is 28.7 Å². The number of amides is 3. The number of likely N-dealkylation sites (tertiary alicyclic amines) is 1. The number of carbonyl (C=O) groups is 3. The standard InChI is InChI=1S/C39H44N4O3/c40-25-14-13-23-35(38(45)41-28-29-15-5-1-6-16-29)42-39(46)37-33(30-17-7-2-8-18-30)24-26-43(37)36(44)27-34(31-19-9-3-10-20-31)32-21-11-4-12-22-32/h1-12,15-22,33-35,37H,13-14,23-28,40H2,(H,41,45)(H,42,46)/t33-,35-,37?/m0/s1. The maximum absolute atomic E-state index is 14.3. The van der Waals surface area contributed by atoms with Crippen LogP contribution in [-0.4, -0.2) is 47.8 Å². The zero-order valence-electron chi connectivity index (χ0n) is 26.3. The summed E-state index contributed by atoms with van der Waals surface area (Å²) in [7, 11) is 0. The Labute approximate surface area is 272 Å². The van der Waals surface area contributed by atoms with Gasteiger partial charge in [-0.2, -0.15) is 0 Å². The molecule has 3 atom stereocenters. The fourth-order valence-corrected chi connectivity index (χ4v) is 6.46. The average Bonchev–Trinajstić information content (AvgIpc) is 3.56. The van der Waals surface area contributed by atoms with E-state index in [1.165, 1.54) is 0 Å². The summed E-state index contributed by atoms with van der Waals surface area (Å²) < 4.78 is 0. The van der Waals surface area contributed by atoms with Crippen molar-refractivity contribution < 1.29 is 14.4 Å². The maximum Gasteiger partial charge on any atom is 0.244 e. The molecule has 4 aromatic rings. The predicted molar refractivity (Wildman–Crippen MR) is 182 cm³/mol. The topological polar surface area (TPSA) is 105 Å². The van der Waals surface area contributed by atoms with Crippen LogP contribution in [0.15, 0.2) is 121 Å². The molecule has 0 aromatic heterocycles. The van der Waals surface area contributed by atoms with E-state index in [0.29, 0.717) is 38.9 Å². The quantitative estimate of drug-likeness (QED) is 0.162. The highest BCUT2D eigenvalue weighted by atomic mass is 16.2. The molecule has 46 heavy (non-hydrogen) atoms. The summed E-state index contributed by atoms with van der Waals surface area (Å²) in [6.45, 7) is 1.34. The molecular formula is C39H44N4O3. The summed E-state index contributed by atoms with van der Waals surface area (Å²) in [6, 6.07) is 38.2. The third kappa shape index (κ3) is 8.49. The van der Waals surface area contributed by atoms with Crippen LogP contribution >= 0.6 is 0 Å². The number of nitrogens with one attached hydrogen (secondary N) is 2. The van der Waals surface area contributed by atoms with E-state index in [2.05, 4.69) is 10.6 Å². The predicted octanol–water partition coefficient (Wildman–Crippen LogP) is 5.52. The lowest BCUT2D eigenvalue weighted by molar-refractivity contribution is -0.140. The molecule has 7 nitrogen and oxygen atoms in total. The first-order valence-corrected chi connectivity index (χ1v) is 16.3. The van der Waals surface area contributed by atoms with Gasteiger partial charge in [-0.3, -0.25) is 14.4 Å². The van der Waals surface area contributed by atoms with Gasteiger partial charge in [0.1, 0.15) is 12.1 Å². The molecule has 4 N–H and O–H groups in total. The van der Waals surface area contributed by atoms with Gasteiger partial charge in [-0.15, -0.1) is 0 Å². The minimum atomic E-state index is -0.738. The number of rotatable bonds is 14. The second-order valence-electron chi connectivity index (χ2n) is 12.0. The van der Waals surface area contributed by atoms with E-state index in [1.54, 1.807) is 4.90 Å². The Kier molecular flexibility index (Phi) is 11.7. The summed E-state index contributed by atoms with van der Waals surface area (Å²) in [4.78, 5) is 43.7. The van der Waals surface area contributed by atoms with Crippen molar-refractivity contribution in [3.8, 4) is 0 Å². The molecular weight excluding hydrogens is 572 g/mol. The zero-order valence-corrected chi connectivity index (χ0v) is 26.3. The van der Waals surface area contributed by atoms with Crippen molar-refractivity contribution >= 4 is 17.7 Å². The summed E-state index contributed by atoms with van der Waals surface area (Å²) in [5.74, 6) is -0.960. The normalized spacial score (nSPS) is 16.6. The van der Waals surface area contributed by atoms with Crippen LogP contribution in [0.2, 0.25) is 0 Å². The molecule has 0 spiro atoms. The van der Waals surface area contributed by atoms with Gasteiger partial charge in [0.2, 0.25) is 17.7 Å². The van der Waals surface area contributed by atoms with Crippen LogP contribution < -0.4 is 16.4 Å². The van der Waals surface area contributed by atoms with E-state index < -0.39 is 12.1 Å². The molecule has 1 saturated heterocycles. The molecule has 7 heteroatoms. The van der Waals surface area contributed by atoms with Crippen molar-refractivity contribution in [2.45, 2.75) is 62.6 Å². The van der Waals surface area contributed by atoms with E-state index >= 15 is 0 Å². The number of nitrogens with two attached hydrogens (primary N) is 1. The summed E-state index contributed by atoms with van der Waals surface area (Å²) in [5.41, 5.74) is 9.84. The molecule has 4 aromatic carbocycles. The van der Waals surface area contributed by atoms with Gasteiger partial charge in [0.15, 0.2) is 0 Å². The number of hydrogen-bond donors (Lipinski definition) is 3. The summed E-state index contributed by atoms with van der Waals surface area (Å²) in [5, 5.41) is 6.07. The van der Waals surface area contributed by atoms with E-state index in [4.69, 9.17) is 5.73 Å². The molecule has 0 aliphatic carbocycles. The Morgan fingerprint density at radius 1 is 0.761 bits per heavy atom. The molecule has 0 radical (unpaired) electrons. The minimum absolute atomic E-state index is 0.0792. The molecule has 238 valence electrons. The Morgan fingerprint density at radius 2 is 1.33 bits per heavy atom. The van der Waals surface area contributed by atoms with Gasteiger partial charge in [-0.1, -0.05) is 121 Å². The van der Waals surface area contributed by atoms with Crippen LogP contribution in [-0.2, 0) is 20.9 Å². The maximum atomic E-state index is 14.3. The van der Waals surface area contributed by atoms with Crippen molar-refractivity contribution in [3.63, 3.8) is 0 Å². The van der Waals surface area contributed by atoms with Gasteiger partial charge in [-0.25, -0.2) is 0 Å². The van der Waals surface area contributed by atoms with Crippen molar-refractivity contribution in [2.24, 2.45) is 5.73 Å². The highest BCUT2D eigenvalue weighted by Crippen LogP contribution is 2.36. The molecule has 1 fully saturated rings. The van der Waals surface area contributed by atoms with Crippen molar-refractivity contribution in [1.82, 2.24) is 15.5 Å². The third-order valence-electron chi connectivity index (χ3n) is 8.89. The van der Waals surface area contributed by atoms with Gasteiger partial charge >= 0.3 is 0 Å². The number of nitrogens with zero attached hydrogens (tertiary/aromatic N) is 1. The largest absolute Gasteiger partial charge is 0.350 e. The van der Waals surface area contributed by atoms with Gasteiger partial charge in [0.25, 0.3) is 0 Å². The monoisotopic (exact) mass is 616 g/mol. The highest BCUT2D eigenvalue weighted by Gasteiger charge is 2.43. The lowest BCUT2D eigenvalue weighted by Gasteiger charge is -2.31. The molecule has 1 unspecified atom stereocenters. The Morgan fingerprint density at radius 3 is 1.91 bits per heavy atom. The molecule has 1 aliphatic heterocycles. The molecule has 0 saturated carbocycles. The number of unbranched alkanes of at least 4 members (excludes halogenated alkanes) is 1. The van der Waals surface area contributed by atoms with Gasteiger partial charge in [0.05, 0.1) is 0 Å². The van der Waals surface area contributed by atoms with Crippen molar-refractivity contribution in [1.29, 1.82) is 0 Å². The summed E-state index contributed by atoms with van der Waals surface area (Å²) in [6.07, 6.45) is 2.80. The first-order valence-electron chi connectivity index (χ1n) is 16.3. The molecule has 5 rings (SSSR count). The first kappa shape index (κ1) is 32.6. The highest BCUT2D eigenvalue weighted by molar-refractivity contribution is 5.93. The lowest BCUT2D eigenvalue weighted by atomic mass is 9.87. The Hall–Kier alpha value is -4.75. The second-order valence-corrected chi connectivity index (χ2v) is 12.0. The van der Waals surface area contributed by atoms with Gasteiger partial charge in [-0.05, 0) is 54.5 Å². The molecule has 1 aliphatic rings. The fraction of sp³-hybridized carbons (Fsp3) is 0.308. The second kappa shape index (κ2) is 16.5. The van der Waals surface area contributed by atoms with Crippen LogP contribution in [0, 0.1) is 0 Å². The van der Waals surface area contributed by atoms with E-state index in [-0.39, 0.29) is 36.0 Å². The lowest BCUT2D eigenvalue weighted by Crippen LogP contribution is -2.54. The summed E-state index contributed by atoms with van der Waals surface area (Å²) >= 11 is 0.